The first kappa shape index (κ1) is 16.3. The molecule has 3 aromatic carbocycles. The minimum Gasteiger partial charge on any atom is -0.507 e. The number of benzene rings is 3. The molecule has 0 spiro atoms. The highest BCUT2D eigenvalue weighted by Gasteiger charge is 2.05. The number of hydrogen-bond donors (Lipinski definition) is 3. The molecule has 124 valence electrons. The maximum Gasteiger partial charge on any atom is 0.141 e. The predicted molar refractivity (Wildman–Crippen MR) is 98.8 cm³/mol. The molecule has 25 heavy (non-hydrogen) atoms. The summed E-state index contributed by atoms with van der Waals surface area (Å²) in [5, 5.41) is 29.8. The van der Waals surface area contributed by atoms with E-state index in [4.69, 9.17) is 0 Å². The first-order chi connectivity index (χ1) is 12.1. The largest absolute Gasteiger partial charge is 0.507 e. The molecule has 3 rings (SSSR count). The molecule has 0 aromatic heterocycles. The molecule has 5 heteroatoms. The standard InChI is InChI=1S/C20H16N2O3/c23-18-10-3-1-8-16(18)21-12-14-6-5-7-15(20(14)25)13-22-17-9-2-4-11-19(17)24/h1-13,23-25H. The fraction of sp³-hybridized carbons (Fsp3) is 0. The third-order valence-corrected chi connectivity index (χ3v) is 3.55. The molecule has 0 saturated carbocycles. The highest BCUT2D eigenvalue weighted by molar-refractivity contribution is 5.93. The Morgan fingerprint density at radius 1 is 0.560 bits per heavy atom. The minimum atomic E-state index is 0.0147. The molecule has 5 nitrogen and oxygen atoms in total. The van der Waals surface area contributed by atoms with Crippen LogP contribution in [0, 0.1) is 0 Å². The van der Waals surface area contributed by atoms with E-state index in [1.807, 2.05) is 0 Å². The van der Waals surface area contributed by atoms with Gasteiger partial charge in [-0.3, -0.25) is 9.98 Å². The molecule has 0 heterocycles. The number of rotatable bonds is 4. The normalized spacial score (nSPS) is 11.4. The van der Waals surface area contributed by atoms with Crippen LogP contribution in [0.4, 0.5) is 11.4 Å². The summed E-state index contributed by atoms with van der Waals surface area (Å²) in [6.07, 6.45) is 2.95. The molecular formula is C20H16N2O3. The summed E-state index contributed by atoms with van der Waals surface area (Å²) in [6.45, 7) is 0. The van der Waals surface area contributed by atoms with E-state index in [0.717, 1.165) is 0 Å². The van der Waals surface area contributed by atoms with Crippen molar-refractivity contribution >= 4 is 23.8 Å². The van der Waals surface area contributed by atoms with E-state index in [1.165, 1.54) is 12.4 Å². The van der Waals surface area contributed by atoms with Crippen molar-refractivity contribution in [3.63, 3.8) is 0 Å². The third kappa shape index (κ3) is 3.84. The third-order valence-electron chi connectivity index (χ3n) is 3.55. The fourth-order valence-corrected chi connectivity index (χ4v) is 2.21. The lowest BCUT2D eigenvalue weighted by Crippen LogP contribution is -1.89. The molecule has 0 fully saturated rings. The number of phenols is 3. The van der Waals surface area contributed by atoms with E-state index in [-0.39, 0.29) is 17.2 Å². The molecule has 0 unspecified atom stereocenters. The van der Waals surface area contributed by atoms with Gasteiger partial charge >= 0.3 is 0 Å². The Labute approximate surface area is 144 Å². The van der Waals surface area contributed by atoms with Crippen molar-refractivity contribution in [3.05, 3.63) is 77.9 Å². The smallest absolute Gasteiger partial charge is 0.141 e. The summed E-state index contributed by atoms with van der Waals surface area (Å²) in [4.78, 5) is 8.38. The van der Waals surface area contributed by atoms with Gasteiger partial charge in [-0.1, -0.05) is 30.3 Å². The number of phenolic OH excluding ortho intramolecular Hbond substituents is 3. The van der Waals surface area contributed by atoms with Crippen molar-refractivity contribution < 1.29 is 15.3 Å². The van der Waals surface area contributed by atoms with Gasteiger partial charge in [0.05, 0.1) is 0 Å². The van der Waals surface area contributed by atoms with E-state index in [9.17, 15) is 15.3 Å². The second-order valence-electron chi connectivity index (χ2n) is 5.28. The predicted octanol–water partition coefficient (Wildman–Crippen LogP) is 4.30. The fourth-order valence-electron chi connectivity index (χ4n) is 2.21. The van der Waals surface area contributed by atoms with Crippen LogP contribution in [0.3, 0.4) is 0 Å². The number of para-hydroxylation sites is 5. The van der Waals surface area contributed by atoms with Crippen molar-refractivity contribution in [2.24, 2.45) is 9.98 Å². The monoisotopic (exact) mass is 332 g/mol. The summed E-state index contributed by atoms with van der Waals surface area (Å²) in [6, 6.07) is 18.6. The number of hydrogen-bond acceptors (Lipinski definition) is 5. The Bertz CT molecular complexity index is 875. The van der Waals surface area contributed by atoms with E-state index in [2.05, 4.69) is 9.98 Å². The first-order valence-corrected chi connectivity index (χ1v) is 7.61. The van der Waals surface area contributed by atoms with Crippen molar-refractivity contribution in [1.82, 2.24) is 0 Å². The topological polar surface area (TPSA) is 85.4 Å². The van der Waals surface area contributed by atoms with Gasteiger partial charge in [0, 0.05) is 23.6 Å². The molecule has 0 atom stereocenters. The average molecular weight is 332 g/mol. The van der Waals surface area contributed by atoms with Gasteiger partial charge in [-0.25, -0.2) is 0 Å². The van der Waals surface area contributed by atoms with E-state index >= 15 is 0 Å². The molecule has 0 aliphatic rings. The zero-order valence-electron chi connectivity index (χ0n) is 13.2. The lowest BCUT2D eigenvalue weighted by atomic mass is 10.1. The number of aromatic hydroxyl groups is 3. The maximum atomic E-state index is 10.4. The number of aliphatic imine (C=N–C) groups is 2. The molecule has 0 radical (unpaired) electrons. The summed E-state index contributed by atoms with van der Waals surface area (Å²) in [7, 11) is 0. The molecule has 0 amide bonds. The van der Waals surface area contributed by atoms with Gasteiger partial charge in [0.15, 0.2) is 0 Å². The summed E-state index contributed by atoms with van der Waals surface area (Å²) < 4.78 is 0. The van der Waals surface area contributed by atoms with Crippen LogP contribution in [-0.2, 0) is 0 Å². The molecule has 0 bridgehead atoms. The van der Waals surface area contributed by atoms with Crippen molar-refractivity contribution in [2.75, 3.05) is 0 Å². The van der Waals surface area contributed by atoms with Crippen LogP contribution in [0.15, 0.2) is 76.7 Å². The quantitative estimate of drug-likeness (QED) is 0.623. The molecule has 0 saturated heterocycles. The van der Waals surface area contributed by atoms with Gasteiger partial charge in [0.25, 0.3) is 0 Å². The molecule has 0 aliphatic carbocycles. The lowest BCUT2D eigenvalue weighted by molar-refractivity contribution is 0.473. The Hall–Kier alpha value is -3.60. The number of nitrogens with zero attached hydrogens (tertiary/aromatic N) is 2. The van der Waals surface area contributed by atoms with Gasteiger partial charge in [0.2, 0.25) is 0 Å². The van der Waals surface area contributed by atoms with Crippen molar-refractivity contribution in [3.8, 4) is 17.2 Å². The van der Waals surface area contributed by atoms with Crippen molar-refractivity contribution in [2.45, 2.75) is 0 Å². The summed E-state index contributed by atoms with van der Waals surface area (Å²) in [5.74, 6) is 0.145. The summed E-state index contributed by atoms with van der Waals surface area (Å²) in [5.41, 5.74) is 1.80. The molecule has 0 aliphatic heterocycles. The van der Waals surface area contributed by atoms with Crippen LogP contribution in [0.25, 0.3) is 0 Å². The Balaban J connectivity index is 1.88. The van der Waals surface area contributed by atoms with Crippen LogP contribution < -0.4 is 0 Å². The zero-order chi connectivity index (χ0) is 17.6. The Kier molecular flexibility index (Phi) is 4.76. The maximum absolute atomic E-state index is 10.4. The average Bonchev–Trinajstić information content (AvgIpc) is 2.62. The van der Waals surface area contributed by atoms with Gasteiger partial charge < -0.3 is 15.3 Å². The first-order valence-electron chi connectivity index (χ1n) is 7.61. The second kappa shape index (κ2) is 7.31. The van der Waals surface area contributed by atoms with Crippen molar-refractivity contribution in [1.29, 1.82) is 0 Å². The molecule has 3 N–H and O–H groups in total. The highest BCUT2D eigenvalue weighted by Crippen LogP contribution is 2.28. The van der Waals surface area contributed by atoms with Gasteiger partial charge in [-0.2, -0.15) is 0 Å². The highest BCUT2D eigenvalue weighted by atomic mass is 16.3. The van der Waals surface area contributed by atoms with Gasteiger partial charge in [-0.15, -0.1) is 0 Å². The van der Waals surface area contributed by atoms with Gasteiger partial charge in [-0.05, 0) is 36.4 Å². The zero-order valence-corrected chi connectivity index (χ0v) is 13.2. The van der Waals surface area contributed by atoms with Gasteiger partial charge in [0.1, 0.15) is 28.6 Å². The van der Waals surface area contributed by atoms with Crippen LogP contribution in [0.1, 0.15) is 11.1 Å². The van der Waals surface area contributed by atoms with Crippen LogP contribution in [0.2, 0.25) is 0 Å². The minimum absolute atomic E-state index is 0.0147. The molecular weight excluding hydrogens is 316 g/mol. The van der Waals surface area contributed by atoms with E-state index in [0.29, 0.717) is 22.5 Å². The molecule has 3 aromatic rings. The van der Waals surface area contributed by atoms with Crippen LogP contribution in [-0.4, -0.2) is 27.7 Å². The van der Waals surface area contributed by atoms with E-state index in [1.54, 1.807) is 66.7 Å². The van der Waals surface area contributed by atoms with Crippen LogP contribution in [0.5, 0.6) is 17.2 Å². The van der Waals surface area contributed by atoms with Crippen LogP contribution >= 0.6 is 0 Å². The second-order valence-corrected chi connectivity index (χ2v) is 5.28. The lowest BCUT2D eigenvalue weighted by Gasteiger charge is -2.03. The SMILES string of the molecule is Oc1ccccc1N=Cc1cccc(C=Nc2ccccc2O)c1O. The Morgan fingerprint density at radius 3 is 1.44 bits per heavy atom. The van der Waals surface area contributed by atoms with E-state index < -0.39 is 0 Å². The Morgan fingerprint density at radius 2 is 1.00 bits per heavy atom. The summed E-state index contributed by atoms with van der Waals surface area (Å²) >= 11 is 0.